The number of benzene rings is 2. The lowest BCUT2D eigenvalue weighted by molar-refractivity contribution is 0.0953. The standard InChI is InChI=1S/C24H32N2O3S/c1-19-9-12-21(13-10-19)8-7-15-25-24(27)22-14-11-20(2)23(18-22)30(28,29)26-16-5-3-4-6-17-26/h9-14,18H,3-8,15-17H2,1-2H3,(H,25,27). The highest BCUT2D eigenvalue weighted by molar-refractivity contribution is 7.89. The molecule has 0 saturated carbocycles. The van der Waals surface area contributed by atoms with Crippen LogP contribution in [0.4, 0.5) is 0 Å². The van der Waals surface area contributed by atoms with Gasteiger partial charge in [-0.1, -0.05) is 48.7 Å². The predicted molar refractivity (Wildman–Crippen MR) is 120 cm³/mol. The number of nitrogens with zero attached hydrogens (tertiary/aromatic N) is 1. The van der Waals surface area contributed by atoms with Gasteiger partial charge in [0.2, 0.25) is 10.0 Å². The lowest BCUT2D eigenvalue weighted by Gasteiger charge is -2.21. The van der Waals surface area contributed by atoms with Gasteiger partial charge >= 0.3 is 0 Å². The van der Waals surface area contributed by atoms with Crippen molar-refractivity contribution in [3.05, 3.63) is 64.7 Å². The topological polar surface area (TPSA) is 66.5 Å². The van der Waals surface area contributed by atoms with E-state index in [-0.39, 0.29) is 10.8 Å². The summed E-state index contributed by atoms with van der Waals surface area (Å²) >= 11 is 0. The van der Waals surface area contributed by atoms with Crippen molar-refractivity contribution in [2.24, 2.45) is 0 Å². The Bertz CT molecular complexity index is 960. The van der Waals surface area contributed by atoms with E-state index in [9.17, 15) is 13.2 Å². The van der Waals surface area contributed by atoms with Gasteiger partial charge in [0.25, 0.3) is 5.91 Å². The van der Waals surface area contributed by atoms with Crippen molar-refractivity contribution in [3.63, 3.8) is 0 Å². The molecular formula is C24H32N2O3S. The predicted octanol–water partition coefficient (Wildman–Crippen LogP) is 4.23. The molecule has 0 atom stereocenters. The maximum absolute atomic E-state index is 13.2. The Morgan fingerprint density at radius 1 is 0.967 bits per heavy atom. The van der Waals surface area contributed by atoms with Crippen LogP contribution in [-0.4, -0.2) is 38.3 Å². The summed E-state index contributed by atoms with van der Waals surface area (Å²) in [7, 11) is -3.58. The molecule has 1 aliphatic rings. The van der Waals surface area contributed by atoms with Crippen LogP contribution in [0.25, 0.3) is 0 Å². The van der Waals surface area contributed by atoms with Crippen molar-refractivity contribution in [3.8, 4) is 0 Å². The first-order valence-corrected chi connectivity index (χ1v) is 12.3. The smallest absolute Gasteiger partial charge is 0.251 e. The SMILES string of the molecule is Cc1ccc(CCCNC(=O)c2ccc(C)c(S(=O)(=O)N3CCCCCC3)c2)cc1. The molecular weight excluding hydrogens is 396 g/mol. The molecule has 0 bridgehead atoms. The van der Waals surface area contributed by atoms with Gasteiger partial charge in [-0.15, -0.1) is 0 Å². The van der Waals surface area contributed by atoms with Crippen LogP contribution in [0.15, 0.2) is 47.4 Å². The molecule has 0 radical (unpaired) electrons. The summed E-state index contributed by atoms with van der Waals surface area (Å²) in [6.07, 6.45) is 5.63. The molecule has 1 fully saturated rings. The number of hydrogen-bond acceptors (Lipinski definition) is 3. The highest BCUT2D eigenvalue weighted by atomic mass is 32.2. The second-order valence-corrected chi connectivity index (χ2v) is 10.0. The second kappa shape index (κ2) is 10.2. The zero-order valence-corrected chi connectivity index (χ0v) is 18.8. The van der Waals surface area contributed by atoms with Gasteiger partial charge in [0, 0.05) is 25.2 Å². The van der Waals surface area contributed by atoms with Gasteiger partial charge in [-0.25, -0.2) is 8.42 Å². The molecule has 6 heteroatoms. The summed E-state index contributed by atoms with van der Waals surface area (Å²) in [5.41, 5.74) is 3.55. The van der Waals surface area contributed by atoms with Crippen molar-refractivity contribution in [2.75, 3.05) is 19.6 Å². The van der Waals surface area contributed by atoms with Gasteiger partial charge in [-0.2, -0.15) is 4.31 Å². The second-order valence-electron chi connectivity index (χ2n) is 8.14. The summed E-state index contributed by atoms with van der Waals surface area (Å²) < 4.78 is 27.9. The summed E-state index contributed by atoms with van der Waals surface area (Å²) in [6.45, 7) is 5.50. The number of nitrogens with one attached hydrogen (secondary N) is 1. The van der Waals surface area contributed by atoms with E-state index in [2.05, 4.69) is 36.5 Å². The molecule has 0 unspecified atom stereocenters. The first-order chi connectivity index (χ1) is 14.4. The first kappa shape index (κ1) is 22.5. The van der Waals surface area contributed by atoms with Crippen molar-refractivity contribution in [1.82, 2.24) is 9.62 Å². The molecule has 2 aromatic carbocycles. The van der Waals surface area contributed by atoms with Crippen molar-refractivity contribution in [2.45, 2.75) is 57.3 Å². The molecule has 1 heterocycles. The molecule has 1 aliphatic heterocycles. The zero-order chi connectivity index (χ0) is 21.6. The minimum atomic E-state index is -3.58. The Morgan fingerprint density at radius 2 is 1.63 bits per heavy atom. The molecule has 1 saturated heterocycles. The highest BCUT2D eigenvalue weighted by Gasteiger charge is 2.27. The van der Waals surface area contributed by atoms with Crippen LogP contribution in [0.2, 0.25) is 0 Å². The molecule has 162 valence electrons. The number of aryl methyl sites for hydroxylation is 3. The third kappa shape index (κ3) is 5.70. The fourth-order valence-corrected chi connectivity index (χ4v) is 5.56. The van der Waals surface area contributed by atoms with Gasteiger partial charge in [0.1, 0.15) is 0 Å². The van der Waals surface area contributed by atoms with Gasteiger partial charge in [-0.05, 0) is 62.8 Å². The lowest BCUT2D eigenvalue weighted by atomic mass is 10.1. The Labute approximate surface area is 180 Å². The van der Waals surface area contributed by atoms with Crippen LogP contribution in [0, 0.1) is 13.8 Å². The minimum Gasteiger partial charge on any atom is -0.352 e. The van der Waals surface area contributed by atoms with E-state index >= 15 is 0 Å². The first-order valence-electron chi connectivity index (χ1n) is 10.8. The number of rotatable bonds is 7. The molecule has 1 N–H and O–H groups in total. The Hall–Kier alpha value is -2.18. The van der Waals surface area contributed by atoms with E-state index in [0.29, 0.717) is 30.8 Å². The molecule has 0 spiro atoms. The molecule has 1 amide bonds. The van der Waals surface area contributed by atoms with Crippen LogP contribution in [0.3, 0.4) is 0 Å². The summed E-state index contributed by atoms with van der Waals surface area (Å²) in [4.78, 5) is 12.8. The summed E-state index contributed by atoms with van der Waals surface area (Å²) in [5, 5.41) is 2.92. The number of sulfonamides is 1. The molecule has 0 aromatic heterocycles. The van der Waals surface area contributed by atoms with E-state index in [1.165, 1.54) is 17.2 Å². The average Bonchev–Trinajstić information content (AvgIpc) is 3.03. The van der Waals surface area contributed by atoms with Gasteiger partial charge in [-0.3, -0.25) is 4.79 Å². The third-order valence-corrected chi connectivity index (χ3v) is 7.72. The van der Waals surface area contributed by atoms with Gasteiger partial charge in [0.15, 0.2) is 0 Å². The largest absolute Gasteiger partial charge is 0.352 e. The number of hydrogen-bond donors (Lipinski definition) is 1. The summed E-state index contributed by atoms with van der Waals surface area (Å²) in [6, 6.07) is 13.4. The van der Waals surface area contributed by atoms with Crippen molar-refractivity contribution in [1.29, 1.82) is 0 Å². The Balaban J connectivity index is 1.63. The van der Waals surface area contributed by atoms with Crippen LogP contribution < -0.4 is 5.32 Å². The van der Waals surface area contributed by atoms with E-state index in [1.54, 1.807) is 23.4 Å². The van der Waals surface area contributed by atoms with Crippen LogP contribution in [-0.2, 0) is 16.4 Å². The van der Waals surface area contributed by atoms with Crippen LogP contribution >= 0.6 is 0 Å². The monoisotopic (exact) mass is 428 g/mol. The summed E-state index contributed by atoms with van der Waals surface area (Å²) in [5.74, 6) is -0.230. The van der Waals surface area contributed by atoms with E-state index < -0.39 is 10.0 Å². The fourth-order valence-electron chi connectivity index (χ4n) is 3.79. The minimum absolute atomic E-state index is 0.230. The van der Waals surface area contributed by atoms with Gasteiger partial charge < -0.3 is 5.32 Å². The van der Waals surface area contributed by atoms with E-state index in [0.717, 1.165) is 38.5 Å². The molecule has 2 aromatic rings. The Morgan fingerprint density at radius 3 is 2.30 bits per heavy atom. The van der Waals surface area contributed by atoms with Gasteiger partial charge in [0.05, 0.1) is 4.90 Å². The fraction of sp³-hybridized carbons (Fsp3) is 0.458. The zero-order valence-electron chi connectivity index (χ0n) is 18.0. The maximum atomic E-state index is 13.2. The quantitative estimate of drug-likeness (QED) is 0.671. The number of amides is 1. The third-order valence-electron chi connectivity index (χ3n) is 5.68. The Kier molecular flexibility index (Phi) is 7.67. The number of carbonyl (C=O) groups is 1. The molecule has 30 heavy (non-hydrogen) atoms. The molecule has 3 rings (SSSR count). The molecule has 5 nitrogen and oxygen atoms in total. The lowest BCUT2D eigenvalue weighted by Crippen LogP contribution is -2.32. The molecule has 0 aliphatic carbocycles. The average molecular weight is 429 g/mol. The normalized spacial score (nSPS) is 15.5. The maximum Gasteiger partial charge on any atom is 0.251 e. The van der Waals surface area contributed by atoms with Crippen molar-refractivity contribution < 1.29 is 13.2 Å². The van der Waals surface area contributed by atoms with Crippen LogP contribution in [0.1, 0.15) is 59.2 Å². The number of carbonyl (C=O) groups excluding carboxylic acids is 1. The van der Waals surface area contributed by atoms with E-state index in [1.807, 2.05) is 0 Å². The van der Waals surface area contributed by atoms with Crippen LogP contribution in [0.5, 0.6) is 0 Å². The highest BCUT2D eigenvalue weighted by Crippen LogP contribution is 2.24. The van der Waals surface area contributed by atoms with Crippen molar-refractivity contribution >= 4 is 15.9 Å². The van der Waals surface area contributed by atoms with E-state index in [4.69, 9.17) is 0 Å².